The molecule has 0 saturated heterocycles. The van der Waals surface area contributed by atoms with Gasteiger partial charge >= 0.3 is 0 Å². The maximum atomic E-state index is 13.2. The van der Waals surface area contributed by atoms with Crippen LogP contribution >= 0.6 is 23.2 Å². The number of benzene rings is 2. The highest BCUT2D eigenvalue weighted by atomic mass is 35.5. The van der Waals surface area contributed by atoms with Gasteiger partial charge in [0.15, 0.2) is 6.61 Å². The molecule has 1 aliphatic carbocycles. The Morgan fingerprint density at radius 1 is 1.06 bits per heavy atom. The lowest BCUT2D eigenvalue weighted by atomic mass is 9.95. The molecule has 0 bridgehead atoms. The van der Waals surface area contributed by atoms with Crippen molar-refractivity contribution in [2.45, 2.75) is 71.5 Å². The molecule has 1 atom stereocenters. The van der Waals surface area contributed by atoms with E-state index in [2.05, 4.69) is 5.32 Å². The molecule has 1 fully saturated rings. The van der Waals surface area contributed by atoms with Gasteiger partial charge in [0.25, 0.3) is 5.91 Å². The molecule has 2 aromatic carbocycles. The molecule has 0 spiro atoms. The number of nitrogens with zero attached hydrogens (tertiary/aromatic N) is 1. The molecule has 0 unspecified atom stereocenters. The van der Waals surface area contributed by atoms with Crippen LogP contribution < -0.4 is 10.1 Å². The molecule has 0 aliphatic heterocycles. The fraction of sp³-hybridized carbons (Fsp3) is 0.462. The van der Waals surface area contributed by atoms with Crippen LogP contribution in [-0.2, 0) is 16.1 Å². The first-order valence-electron chi connectivity index (χ1n) is 11.5. The SMILES string of the molecule is Cc1cc(OCC(=O)N(Cc2ccc(Cl)cc2)[C@H](C)C(=O)NC2CCCCC2)cc(C)c1Cl. The van der Waals surface area contributed by atoms with Crippen molar-refractivity contribution in [1.29, 1.82) is 0 Å². The van der Waals surface area contributed by atoms with Gasteiger partial charge in [-0.15, -0.1) is 0 Å². The van der Waals surface area contributed by atoms with Crippen LogP contribution in [0, 0.1) is 13.8 Å². The van der Waals surface area contributed by atoms with Gasteiger partial charge in [-0.25, -0.2) is 0 Å². The molecule has 2 amide bonds. The van der Waals surface area contributed by atoms with Crippen LogP contribution in [0.15, 0.2) is 36.4 Å². The van der Waals surface area contributed by atoms with Crippen LogP contribution in [0.1, 0.15) is 55.7 Å². The lowest BCUT2D eigenvalue weighted by molar-refractivity contribution is -0.142. The predicted molar refractivity (Wildman–Crippen MR) is 133 cm³/mol. The Kier molecular flexibility index (Phi) is 9.04. The molecule has 7 heteroatoms. The van der Waals surface area contributed by atoms with Crippen LogP contribution in [-0.4, -0.2) is 35.4 Å². The lowest BCUT2D eigenvalue weighted by Gasteiger charge is -2.31. The maximum Gasteiger partial charge on any atom is 0.261 e. The number of ether oxygens (including phenoxy) is 1. The van der Waals surface area contributed by atoms with Crippen LogP contribution in [0.3, 0.4) is 0 Å². The second-order valence-electron chi connectivity index (χ2n) is 8.83. The molecular weight excluding hydrogens is 459 g/mol. The quantitative estimate of drug-likeness (QED) is 0.504. The van der Waals surface area contributed by atoms with Gasteiger partial charge in [0.1, 0.15) is 11.8 Å². The number of aryl methyl sites for hydroxylation is 2. The number of hydrogen-bond donors (Lipinski definition) is 1. The Morgan fingerprint density at radius 2 is 1.67 bits per heavy atom. The topological polar surface area (TPSA) is 58.6 Å². The molecule has 2 aromatic rings. The van der Waals surface area contributed by atoms with Crippen molar-refractivity contribution >= 4 is 35.0 Å². The number of carbonyl (C=O) groups is 2. The Bertz CT molecular complexity index is 949. The number of amides is 2. The Hall–Kier alpha value is -2.24. The highest BCUT2D eigenvalue weighted by Gasteiger charge is 2.28. The molecule has 5 nitrogen and oxygen atoms in total. The van der Waals surface area contributed by atoms with E-state index in [9.17, 15) is 9.59 Å². The Balaban J connectivity index is 1.72. The average Bonchev–Trinajstić information content (AvgIpc) is 2.80. The Labute approximate surface area is 206 Å². The maximum absolute atomic E-state index is 13.2. The summed E-state index contributed by atoms with van der Waals surface area (Å²) in [4.78, 5) is 27.8. The number of hydrogen-bond acceptors (Lipinski definition) is 3. The van der Waals surface area contributed by atoms with Crippen LogP contribution in [0.5, 0.6) is 5.75 Å². The predicted octanol–water partition coefficient (Wildman–Crippen LogP) is 5.86. The second-order valence-corrected chi connectivity index (χ2v) is 9.64. The van der Waals surface area contributed by atoms with Gasteiger partial charge in [0.2, 0.25) is 5.91 Å². The van der Waals surface area contributed by atoms with Crippen LogP contribution in [0.4, 0.5) is 0 Å². The third kappa shape index (κ3) is 7.12. The fourth-order valence-electron chi connectivity index (χ4n) is 4.16. The standard InChI is InChI=1S/C26H32Cl2N2O3/c1-17-13-23(14-18(2)25(17)28)33-16-24(31)30(15-20-9-11-21(27)12-10-20)19(3)26(32)29-22-7-5-4-6-8-22/h9-14,19,22H,4-8,15-16H2,1-3H3,(H,29,32)/t19-/m1/s1. The van der Waals surface area contributed by atoms with E-state index >= 15 is 0 Å². The minimum atomic E-state index is -0.632. The van der Waals surface area contributed by atoms with E-state index in [1.54, 1.807) is 24.0 Å². The van der Waals surface area contributed by atoms with Crippen molar-refractivity contribution in [1.82, 2.24) is 10.2 Å². The third-order valence-electron chi connectivity index (χ3n) is 6.16. The summed E-state index contributed by atoms with van der Waals surface area (Å²) in [5.74, 6) is 0.178. The number of carbonyl (C=O) groups excluding carboxylic acids is 2. The molecule has 33 heavy (non-hydrogen) atoms. The van der Waals surface area contributed by atoms with Crippen molar-refractivity contribution in [2.24, 2.45) is 0 Å². The third-order valence-corrected chi connectivity index (χ3v) is 7.01. The molecule has 3 rings (SSSR count). The van der Waals surface area contributed by atoms with Crippen molar-refractivity contribution in [3.63, 3.8) is 0 Å². The van der Waals surface area contributed by atoms with E-state index in [0.717, 1.165) is 42.4 Å². The van der Waals surface area contributed by atoms with E-state index in [0.29, 0.717) is 15.8 Å². The van der Waals surface area contributed by atoms with E-state index in [4.69, 9.17) is 27.9 Å². The minimum Gasteiger partial charge on any atom is -0.484 e. The van der Waals surface area contributed by atoms with Crippen LogP contribution in [0.2, 0.25) is 10.0 Å². The van der Waals surface area contributed by atoms with Gasteiger partial charge in [0, 0.05) is 22.6 Å². The summed E-state index contributed by atoms with van der Waals surface area (Å²) in [6.07, 6.45) is 5.44. The molecule has 0 radical (unpaired) electrons. The number of rotatable bonds is 8. The molecule has 1 saturated carbocycles. The average molecular weight is 491 g/mol. The summed E-state index contributed by atoms with van der Waals surface area (Å²) in [5.41, 5.74) is 2.66. The van der Waals surface area contributed by atoms with Crippen molar-refractivity contribution < 1.29 is 14.3 Å². The van der Waals surface area contributed by atoms with E-state index in [-0.39, 0.29) is 31.0 Å². The van der Waals surface area contributed by atoms with E-state index < -0.39 is 6.04 Å². The molecule has 178 valence electrons. The van der Waals surface area contributed by atoms with Gasteiger partial charge in [0.05, 0.1) is 0 Å². The zero-order valence-corrected chi connectivity index (χ0v) is 21.0. The summed E-state index contributed by atoms with van der Waals surface area (Å²) in [5, 5.41) is 4.44. The normalized spacial score (nSPS) is 15.1. The monoisotopic (exact) mass is 490 g/mol. The van der Waals surface area contributed by atoms with Crippen molar-refractivity contribution in [3.8, 4) is 5.75 Å². The smallest absolute Gasteiger partial charge is 0.261 e. The molecule has 1 aliphatic rings. The summed E-state index contributed by atoms with van der Waals surface area (Å²) >= 11 is 12.2. The highest BCUT2D eigenvalue weighted by Crippen LogP contribution is 2.26. The van der Waals surface area contributed by atoms with Crippen LogP contribution in [0.25, 0.3) is 0 Å². The van der Waals surface area contributed by atoms with Gasteiger partial charge < -0.3 is 15.0 Å². The van der Waals surface area contributed by atoms with Gasteiger partial charge in [-0.2, -0.15) is 0 Å². The first-order valence-corrected chi connectivity index (χ1v) is 12.2. The second kappa shape index (κ2) is 11.8. The Morgan fingerprint density at radius 3 is 2.27 bits per heavy atom. The summed E-state index contributed by atoms with van der Waals surface area (Å²) < 4.78 is 5.80. The molecule has 0 heterocycles. The van der Waals surface area contributed by atoms with Gasteiger partial charge in [-0.1, -0.05) is 54.6 Å². The summed E-state index contributed by atoms with van der Waals surface area (Å²) in [6, 6.07) is 10.5. The number of halogens is 2. The van der Waals surface area contributed by atoms with E-state index in [1.165, 1.54) is 6.42 Å². The zero-order chi connectivity index (χ0) is 24.0. The molecule has 0 aromatic heterocycles. The summed E-state index contributed by atoms with van der Waals surface area (Å²) in [6.45, 7) is 5.68. The van der Waals surface area contributed by atoms with Crippen molar-refractivity contribution in [2.75, 3.05) is 6.61 Å². The first-order chi connectivity index (χ1) is 15.7. The van der Waals surface area contributed by atoms with Gasteiger partial charge in [-0.3, -0.25) is 9.59 Å². The largest absolute Gasteiger partial charge is 0.484 e. The zero-order valence-electron chi connectivity index (χ0n) is 19.5. The summed E-state index contributed by atoms with van der Waals surface area (Å²) in [7, 11) is 0. The highest BCUT2D eigenvalue weighted by molar-refractivity contribution is 6.32. The van der Waals surface area contributed by atoms with Crippen molar-refractivity contribution in [3.05, 3.63) is 63.1 Å². The molecular formula is C26H32Cl2N2O3. The number of nitrogens with one attached hydrogen (secondary N) is 1. The lowest BCUT2D eigenvalue weighted by Crippen LogP contribution is -2.51. The first kappa shape index (κ1) is 25.4. The van der Waals surface area contributed by atoms with Gasteiger partial charge in [-0.05, 0) is 74.6 Å². The molecule has 1 N–H and O–H groups in total. The minimum absolute atomic E-state index is 0.137. The van der Waals surface area contributed by atoms with E-state index in [1.807, 2.05) is 38.1 Å². The fourth-order valence-corrected chi connectivity index (χ4v) is 4.39.